The van der Waals surface area contributed by atoms with Crippen LogP contribution in [0.15, 0.2) is 23.6 Å². The van der Waals surface area contributed by atoms with E-state index in [1.54, 1.807) is 11.4 Å². The molecule has 86 valence electrons. The minimum absolute atomic E-state index is 0.304. The lowest BCUT2D eigenvalue weighted by Gasteiger charge is -2.07. The van der Waals surface area contributed by atoms with Crippen molar-refractivity contribution in [1.29, 1.82) is 0 Å². The van der Waals surface area contributed by atoms with Gasteiger partial charge in [-0.3, -0.25) is 0 Å². The number of hydrogen-bond acceptors (Lipinski definition) is 2. The number of hydrogen-bond donors (Lipinski definition) is 1. The highest BCUT2D eigenvalue weighted by Gasteiger charge is 2.33. The Kier molecular flexibility index (Phi) is 2.90. The number of rotatable bonds is 2. The molecule has 0 amide bonds. The van der Waals surface area contributed by atoms with E-state index in [1.165, 1.54) is 6.07 Å². The topological polar surface area (TPSA) is 26.0 Å². The molecule has 1 aromatic carbocycles. The van der Waals surface area contributed by atoms with Gasteiger partial charge in [0.05, 0.1) is 5.56 Å². The lowest BCUT2D eigenvalue weighted by Crippen LogP contribution is -2.05. The molecule has 0 radical (unpaired) electrons. The summed E-state index contributed by atoms with van der Waals surface area (Å²) in [4.78, 5) is 0. The van der Waals surface area contributed by atoms with Gasteiger partial charge in [0.25, 0.3) is 0 Å². The molecular weight excluding hydrogens is 235 g/mol. The van der Waals surface area contributed by atoms with E-state index in [9.17, 15) is 13.2 Å². The third-order valence-corrected chi connectivity index (χ3v) is 3.48. The second-order valence-corrected chi connectivity index (χ2v) is 4.36. The molecule has 0 aliphatic rings. The van der Waals surface area contributed by atoms with E-state index in [0.717, 1.165) is 23.0 Å². The quantitative estimate of drug-likeness (QED) is 0.862. The van der Waals surface area contributed by atoms with Gasteiger partial charge < -0.3 is 5.73 Å². The summed E-state index contributed by atoms with van der Waals surface area (Å²) in [5, 5.41) is 2.43. The maximum absolute atomic E-state index is 12.7. The monoisotopic (exact) mass is 245 g/mol. The fraction of sp³-hybridized carbons (Fsp3) is 0.273. The Balaban J connectivity index is 2.62. The second kappa shape index (κ2) is 4.07. The zero-order valence-electron chi connectivity index (χ0n) is 8.34. The van der Waals surface area contributed by atoms with Gasteiger partial charge in [-0.1, -0.05) is 12.1 Å². The largest absolute Gasteiger partial charge is 0.417 e. The van der Waals surface area contributed by atoms with E-state index in [-0.39, 0.29) is 0 Å². The molecule has 0 aliphatic heterocycles. The van der Waals surface area contributed by atoms with Crippen LogP contribution in [0.3, 0.4) is 0 Å². The van der Waals surface area contributed by atoms with Gasteiger partial charge in [0, 0.05) is 4.70 Å². The Morgan fingerprint density at radius 3 is 2.62 bits per heavy atom. The van der Waals surface area contributed by atoms with Crippen LogP contribution < -0.4 is 5.73 Å². The van der Waals surface area contributed by atoms with Crippen molar-refractivity contribution in [1.82, 2.24) is 0 Å². The highest BCUT2D eigenvalue weighted by Crippen LogP contribution is 2.38. The normalized spacial score (nSPS) is 12.2. The minimum atomic E-state index is -4.29. The third-order valence-electron chi connectivity index (χ3n) is 2.40. The first kappa shape index (κ1) is 11.4. The van der Waals surface area contributed by atoms with Gasteiger partial charge in [-0.05, 0) is 35.4 Å². The van der Waals surface area contributed by atoms with Crippen LogP contribution in [0.2, 0.25) is 0 Å². The second-order valence-electron chi connectivity index (χ2n) is 3.48. The number of nitrogens with two attached hydrogens (primary N) is 1. The van der Waals surface area contributed by atoms with Crippen molar-refractivity contribution in [2.45, 2.75) is 12.6 Å². The summed E-state index contributed by atoms with van der Waals surface area (Å²) in [6.45, 7) is 0.447. The van der Waals surface area contributed by atoms with Crippen molar-refractivity contribution in [2.24, 2.45) is 5.73 Å². The first-order valence-electron chi connectivity index (χ1n) is 4.80. The first-order valence-corrected chi connectivity index (χ1v) is 5.68. The van der Waals surface area contributed by atoms with Crippen LogP contribution in [0.4, 0.5) is 13.2 Å². The molecule has 2 N–H and O–H groups in total. The highest BCUT2D eigenvalue weighted by molar-refractivity contribution is 7.17. The number of alkyl halides is 3. The van der Waals surface area contributed by atoms with E-state index < -0.39 is 11.7 Å². The van der Waals surface area contributed by atoms with Gasteiger partial charge in [-0.25, -0.2) is 0 Å². The zero-order valence-corrected chi connectivity index (χ0v) is 9.16. The molecule has 0 saturated carbocycles. The van der Waals surface area contributed by atoms with E-state index >= 15 is 0 Å². The fourth-order valence-corrected chi connectivity index (χ4v) is 2.82. The van der Waals surface area contributed by atoms with Gasteiger partial charge in [-0.15, -0.1) is 11.3 Å². The predicted molar refractivity (Wildman–Crippen MR) is 59.6 cm³/mol. The fourth-order valence-electron chi connectivity index (χ4n) is 1.68. The zero-order chi connectivity index (χ0) is 11.8. The van der Waals surface area contributed by atoms with E-state index in [2.05, 4.69) is 0 Å². The standard InChI is InChI=1S/C11H10F3NS/c12-11(13,14)9-3-1-2-8-7(4-5-15)6-16-10(8)9/h1-3,6H,4-5,15H2. The molecule has 0 fully saturated rings. The Bertz CT molecular complexity index is 501. The summed E-state index contributed by atoms with van der Waals surface area (Å²) in [6.07, 6.45) is -3.67. The van der Waals surface area contributed by atoms with E-state index in [0.29, 0.717) is 23.1 Å². The summed E-state index contributed by atoms with van der Waals surface area (Å²) in [5.41, 5.74) is 5.76. The lowest BCUT2D eigenvalue weighted by molar-refractivity contribution is -0.136. The third kappa shape index (κ3) is 1.92. The minimum Gasteiger partial charge on any atom is -0.330 e. The SMILES string of the molecule is NCCc1csc2c(C(F)(F)F)cccc12. The maximum atomic E-state index is 12.7. The molecule has 0 unspecified atom stereocenters. The van der Waals surface area contributed by atoms with Gasteiger partial charge >= 0.3 is 6.18 Å². The highest BCUT2D eigenvalue weighted by atomic mass is 32.1. The molecule has 0 aliphatic carbocycles. The molecule has 2 aromatic rings. The molecule has 5 heteroatoms. The summed E-state index contributed by atoms with van der Waals surface area (Å²) >= 11 is 1.13. The molecule has 0 bridgehead atoms. The van der Waals surface area contributed by atoms with E-state index in [4.69, 9.17) is 5.73 Å². The molecule has 1 heterocycles. The Morgan fingerprint density at radius 1 is 1.25 bits per heavy atom. The smallest absolute Gasteiger partial charge is 0.330 e. The summed E-state index contributed by atoms with van der Waals surface area (Å²) in [6, 6.07) is 4.27. The van der Waals surface area contributed by atoms with Gasteiger partial charge in [0.15, 0.2) is 0 Å². The Hall–Kier alpha value is -1.07. The van der Waals surface area contributed by atoms with Crippen LogP contribution >= 0.6 is 11.3 Å². The van der Waals surface area contributed by atoms with Crippen molar-refractivity contribution in [3.05, 3.63) is 34.7 Å². The molecule has 0 spiro atoms. The van der Waals surface area contributed by atoms with Gasteiger partial charge in [0.2, 0.25) is 0 Å². The van der Waals surface area contributed by atoms with E-state index in [1.807, 2.05) is 0 Å². The Labute approximate surface area is 94.7 Å². The molecule has 16 heavy (non-hydrogen) atoms. The van der Waals surface area contributed by atoms with Crippen molar-refractivity contribution in [3.8, 4) is 0 Å². The molecule has 1 aromatic heterocycles. The van der Waals surface area contributed by atoms with Crippen LogP contribution in [0.1, 0.15) is 11.1 Å². The van der Waals surface area contributed by atoms with Crippen LogP contribution in [-0.2, 0) is 12.6 Å². The number of fused-ring (bicyclic) bond motifs is 1. The van der Waals surface area contributed by atoms with Crippen LogP contribution in [0.5, 0.6) is 0 Å². The molecular formula is C11H10F3NS. The molecule has 2 rings (SSSR count). The van der Waals surface area contributed by atoms with Crippen molar-refractivity contribution >= 4 is 21.4 Å². The Morgan fingerprint density at radius 2 is 2.00 bits per heavy atom. The van der Waals surface area contributed by atoms with Crippen molar-refractivity contribution in [2.75, 3.05) is 6.54 Å². The molecule has 0 atom stereocenters. The summed E-state index contributed by atoms with van der Waals surface area (Å²) in [7, 11) is 0. The number of thiophene rings is 1. The maximum Gasteiger partial charge on any atom is 0.417 e. The van der Waals surface area contributed by atoms with Crippen LogP contribution in [0.25, 0.3) is 10.1 Å². The number of benzene rings is 1. The van der Waals surface area contributed by atoms with Gasteiger partial charge in [-0.2, -0.15) is 13.2 Å². The number of halogens is 3. The molecule has 1 nitrogen and oxygen atoms in total. The summed E-state index contributed by atoms with van der Waals surface area (Å²) in [5.74, 6) is 0. The van der Waals surface area contributed by atoms with Crippen LogP contribution in [-0.4, -0.2) is 6.54 Å². The van der Waals surface area contributed by atoms with Crippen molar-refractivity contribution < 1.29 is 13.2 Å². The predicted octanol–water partition coefficient (Wildman–Crippen LogP) is 3.42. The van der Waals surface area contributed by atoms with Gasteiger partial charge in [0.1, 0.15) is 0 Å². The van der Waals surface area contributed by atoms with Crippen LogP contribution in [0, 0.1) is 0 Å². The lowest BCUT2D eigenvalue weighted by atomic mass is 10.1. The first-order chi connectivity index (χ1) is 7.54. The van der Waals surface area contributed by atoms with Crippen molar-refractivity contribution in [3.63, 3.8) is 0 Å². The average molecular weight is 245 g/mol. The summed E-state index contributed by atoms with van der Waals surface area (Å²) < 4.78 is 38.4. The molecule has 0 saturated heterocycles. The average Bonchev–Trinajstić information content (AvgIpc) is 2.61.